The van der Waals surface area contributed by atoms with Crippen molar-refractivity contribution in [3.8, 4) is 0 Å². The van der Waals surface area contributed by atoms with Gasteiger partial charge in [-0.15, -0.1) is 0 Å². The highest BCUT2D eigenvalue weighted by molar-refractivity contribution is 5.85. The summed E-state index contributed by atoms with van der Waals surface area (Å²) in [5.41, 5.74) is 2.04. The number of benzene rings is 1. The molecule has 1 fully saturated rings. The summed E-state index contributed by atoms with van der Waals surface area (Å²) >= 11 is 0. The van der Waals surface area contributed by atoms with Crippen LogP contribution in [0.1, 0.15) is 17.5 Å². The standard InChI is InChI=1S/C19H22N4O2/c24-18(25)7-6-16-12-20-19(21-13-16)22-17-9-11-23(14-17)10-8-15-4-2-1-3-5-15/h1-7,12-13,17H,8-11,14H2,(H,24,25)(H,20,21,22)/t17-/m1/s1. The molecule has 1 saturated heterocycles. The molecule has 130 valence electrons. The predicted molar refractivity (Wildman–Crippen MR) is 97.3 cm³/mol. The summed E-state index contributed by atoms with van der Waals surface area (Å²) in [6.45, 7) is 3.11. The molecular weight excluding hydrogens is 316 g/mol. The zero-order valence-electron chi connectivity index (χ0n) is 14.0. The second-order valence-corrected chi connectivity index (χ2v) is 6.18. The Hall–Kier alpha value is -2.73. The van der Waals surface area contributed by atoms with Gasteiger partial charge in [0.15, 0.2) is 0 Å². The van der Waals surface area contributed by atoms with Gasteiger partial charge in [0, 0.05) is 49.7 Å². The zero-order chi connectivity index (χ0) is 17.5. The lowest BCUT2D eigenvalue weighted by Crippen LogP contribution is -2.28. The van der Waals surface area contributed by atoms with Crippen LogP contribution in [0.15, 0.2) is 48.8 Å². The van der Waals surface area contributed by atoms with Crippen LogP contribution in [-0.4, -0.2) is 51.6 Å². The summed E-state index contributed by atoms with van der Waals surface area (Å²) in [5, 5.41) is 12.0. The smallest absolute Gasteiger partial charge is 0.328 e. The summed E-state index contributed by atoms with van der Waals surface area (Å²) in [5.74, 6) is -0.397. The summed E-state index contributed by atoms with van der Waals surface area (Å²) in [6, 6.07) is 10.9. The van der Waals surface area contributed by atoms with Gasteiger partial charge in [-0.3, -0.25) is 0 Å². The third-order valence-corrected chi connectivity index (χ3v) is 4.26. The Kier molecular flexibility index (Phi) is 5.74. The molecule has 0 radical (unpaired) electrons. The van der Waals surface area contributed by atoms with Gasteiger partial charge in [-0.2, -0.15) is 0 Å². The maximum Gasteiger partial charge on any atom is 0.328 e. The first-order valence-electron chi connectivity index (χ1n) is 8.45. The van der Waals surface area contributed by atoms with E-state index in [1.54, 1.807) is 12.4 Å². The van der Waals surface area contributed by atoms with Crippen molar-refractivity contribution in [2.24, 2.45) is 0 Å². The number of anilines is 1. The lowest BCUT2D eigenvalue weighted by Gasteiger charge is -2.16. The molecule has 2 N–H and O–H groups in total. The van der Waals surface area contributed by atoms with Crippen LogP contribution in [0.3, 0.4) is 0 Å². The largest absolute Gasteiger partial charge is 0.478 e. The van der Waals surface area contributed by atoms with E-state index in [2.05, 4.69) is 44.5 Å². The number of rotatable bonds is 7. The molecule has 25 heavy (non-hydrogen) atoms. The van der Waals surface area contributed by atoms with Crippen molar-refractivity contribution >= 4 is 18.0 Å². The van der Waals surface area contributed by atoms with Gasteiger partial charge < -0.3 is 15.3 Å². The SMILES string of the molecule is O=C(O)C=Cc1cnc(N[C@@H]2CCN(CCc3ccccc3)C2)nc1. The van der Waals surface area contributed by atoms with Gasteiger partial charge in [-0.1, -0.05) is 30.3 Å². The number of carboxylic acids is 1. The van der Waals surface area contributed by atoms with Gasteiger partial charge in [0.25, 0.3) is 0 Å². The normalized spacial score (nSPS) is 17.8. The van der Waals surface area contributed by atoms with Crippen LogP contribution in [0.25, 0.3) is 6.08 Å². The molecule has 3 rings (SSSR count). The van der Waals surface area contributed by atoms with E-state index in [-0.39, 0.29) is 0 Å². The monoisotopic (exact) mass is 338 g/mol. The van der Waals surface area contributed by atoms with Gasteiger partial charge >= 0.3 is 5.97 Å². The van der Waals surface area contributed by atoms with Crippen LogP contribution in [0.2, 0.25) is 0 Å². The van der Waals surface area contributed by atoms with Gasteiger partial charge in [-0.25, -0.2) is 14.8 Å². The third kappa shape index (κ3) is 5.39. The molecule has 1 aromatic carbocycles. The topological polar surface area (TPSA) is 78.3 Å². The molecule has 6 nitrogen and oxygen atoms in total. The summed E-state index contributed by atoms with van der Waals surface area (Å²) in [7, 11) is 0. The van der Waals surface area contributed by atoms with E-state index in [4.69, 9.17) is 5.11 Å². The van der Waals surface area contributed by atoms with Crippen LogP contribution in [0.4, 0.5) is 5.95 Å². The Morgan fingerprint density at radius 1 is 1.28 bits per heavy atom. The molecule has 2 aromatic rings. The van der Waals surface area contributed by atoms with E-state index < -0.39 is 5.97 Å². The second kappa shape index (κ2) is 8.39. The first-order valence-corrected chi connectivity index (χ1v) is 8.45. The van der Waals surface area contributed by atoms with E-state index in [9.17, 15) is 4.79 Å². The van der Waals surface area contributed by atoms with Crippen molar-refractivity contribution in [1.82, 2.24) is 14.9 Å². The summed E-state index contributed by atoms with van der Waals surface area (Å²) < 4.78 is 0. The van der Waals surface area contributed by atoms with Crippen LogP contribution in [0.5, 0.6) is 0 Å². The van der Waals surface area contributed by atoms with Crippen LogP contribution in [-0.2, 0) is 11.2 Å². The molecule has 1 aromatic heterocycles. The molecule has 0 aliphatic carbocycles. The average molecular weight is 338 g/mol. The van der Waals surface area contributed by atoms with Crippen LogP contribution >= 0.6 is 0 Å². The number of likely N-dealkylation sites (tertiary alicyclic amines) is 1. The number of hydrogen-bond donors (Lipinski definition) is 2. The second-order valence-electron chi connectivity index (χ2n) is 6.18. The number of aliphatic carboxylic acids is 1. The van der Waals surface area contributed by atoms with Crippen LogP contribution in [0, 0.1) is 0 Å². The Morgan fingerprint density at radius 2 is 2.04 bits per heavy atom. The van der Waals surface area contributed by atoms with Crippen molar-refractivity contribution < 1.29 is 9.90 Å². The average Bonchev–Trinajstić information content (AvgIpc) is 3.08. The fourth-order valence-corrected chi connectivity index (χ4v) is 2.93. The van der Waals surface area contributed by atoms with Crippen molar-refractivity contribution in [1.29, 1.82) is 0 Å². The molecule has 0 bridgehead atoms. The molecule has 0 unspecified atom stereocenters. The Morgan fingerprint density at radius 3 is 2.76 bits per heavy atom. The van der Waals surface area contributed by atoms with Gasteiger partial charge in [-0.05, 0) is 24.5 Å². The highest BCUT2D eigenvalue weighted by Crippen LogP contribution is 2.14. The highest BCUT2D eigenvalue weighted by Gasteiger charge is 2.22. The quantitative estimate of drug-likeness (QED) is 0.754. The molecular formula is C19H22N4O2. The molecule has 6 heteroatoms. The molecule has 2 heterocycles. The maximum absolute atomic E-state index is 10.5. The lowest BCUT2D eigenvalue weighted by molar-refractivity contribution is -0.131. The number of carboxylic acid groups (broad SMARTS) is 1. The molecule has 1 aliphatic rings. The highest BCUT2D eigenvalue weighted by atomic mass is 16.4. The minimum atomic E-state index is -0.983. The summed E-state index contributed by atoms with van der Waals surface area (Å²) in [6.07, 6.45) is 7.93. The molecule has 0 saturated carbocycles. The van der Waals surface area contributed by atoms with Crippen molar-refractivity contribution in [2.75, 3.05) is 25.0 Å². The predicted octanol–water partition coefficient (Wildman–Crippen LogP) is 2.30. The van der Waals surface area contributed by atoms with E-state index >= 15 is 0 Å². The molecule has 1 atom stereocenters. The van der Waals surface area contributed by atoms with Crippen LogP contribution < -0.4 is 5.32 Å². The minimum absolute atomic E-state index is 0.344. The number of aromatic nitrogens is 2. The zero-order valence-corrected chi connectivity index (χ0v) is 14.0. The van der Waals surface area contributed by atoms with E-state index in [0.717, 1.165) is 38.6 Å². The molecule has 0 spiro atoms. The van der Waals surface area contributed by atoms with Gasteiger partial charge in [0.1, 0.15) is 0 Å². The van der Waals surface area contributed by atoms with Crippen molar-refractivity contribution in [3.63, 3.8) is 0 Å². The van der Waals surface area contributed by atoms with Gasteiger partial charge in [0.2, 0.25) is 5.95 Å². The lowest BCUT2D eigenvalue weighted by atomic mass is 10.1. The maximum atomic E-state index is 10.5. The minimum Gasteiger partial charge on any atom is -0.478 e. The van der Waals surface area contributed by atoms with Crippen molar-refractivity contribution in [2.45, 2.75) is 18.9 Å². The molecule has 0 amide bonds. The van der Waals surface area contributed by atoms with Gasteiger partial charge in [0.05, 0.1) is 0 Å². The van der Waals surface area contributed by atoms with E-state index in [0.29, 0.717) is 17.6 Å². The van der Waals surface area contributed by atoms with E-state index in [1.165, 1.54) is 11.6 Å². The fraction of sp³-hybridized carbons (Fsp3) is 0.316. The number of nitrogens with one attached hydrogen (secondary N) is 1. The number of nitrogens with zero attached hydrogens (tertiary/aromatic N) is 3. The first-order chi connectivity index (χ1) is 12.2. The number of hydrogen-bond acceptors (Lipinski definition) is 5. The van der Waals surface area contributed by atoms with E-state index in [1.807, 2.05) is 6.07 Å². The fourth-order valence-electron chi connectivity index (χ4n) is 2.93. The third-order valence-electron chi connectivity index (χ3n) is 4.26. The Bertz CT molecular complexity index is 716. The summed E-state index contributed by atoms with van der Waals surface area (Å²) in [4.78, 5) is 21.5. The van der Waals surface area contributed by atoms with Crippen molar-refractivity contribution in [3.05, 3.63) is 59.9 Å². The molecule has 1 aliphatic heterocycles. The first kappa shape index (κ1) is 17.1. The Labute approximate surface area is 147 Å². The number of carbonyl (C=O) groups is 1. The Balaban J connectivity index is 1.45.